The largest absolute Gasteiger partial charge is 0.497 e. The minimum absolute atomic E-state index is 0.119. The maximum absolute atomic E-state index is 13.4. The summed E-state index contributed by atoms with van der Waals surface area (Å²) >= 11 is 0. The average molecular weight is 485 g/mol. The van der Waals surface area contributed by atoms with Crippen LogP contribution in [0.4, 0.5) is 24.8 Å². The molecule has 3 aromatic rings. The third-order valence-electron chi connectivity index (χ3n) is 6.16. The molecule has 2 aromatic carbocycles. The fourth-order valence-corrected chi connectivity index (χ4v) is 4.56. The van der Waals surface area contributed by atoms with Crippen molar-refractivity contribution in [3.8, 4) is 5.75 Å². The second-order valence-corrected chi connectivity index (χ2v) is 8.27. The molecule has 9 nitrogen and oxygen atoms in total. The van der Waals surface area contributed by atoms with Crippen molar-refractivity contribution < 1.29 is 27.6 Å². The smallest absolute Gasteiger partial charge is 0.453 e. The standard InChI is InChI=1S/C23H18F3N5O4/c1-35-16-7-5-12(6-8-16)14-10-17-19(18(32)11-14)20(13-3-2-4-15(9-13)31(33)34)30-22(27-17)28-21(29-30)23(24,25)26/h2-9,14,20H,10-11H2,1H3,(H,27,28,29)/t14-,20+/m1/s1. The van der Waals surface area contributed by atoms with Gasteiger partial charge in [-0.05, 0) is 35.6 Å². The van der Waals surface area contributed by atoms with Crippen LogP contribution in [0.15, 0.2) is 59.8 Å². The fourth-order valence-electron chi connectivity index (χ4n) is 4.56. The Balaban J connectivity index is 1.62. The second-order valence-electron chi connectivity index (χ2n) is 8.27. The summed E-state index contributed by atoms with van der Waals surface area (Å²) in [5.74, 6) is -1.40. The Morgan fingerprint density at radius 2 is 1.89 bits per heavy atom. The third kappa shape index (κ3) is 4.00. The number of methoxy groups -OCH3 is 1. The number of aromatic nitrogens is 3. The predicted octanol–water partition coefficient (Wildman–Crippen LogP) is 4.63. The van der Waals surface area contributed by atoms with Crippen LogP contribution in [0.3, 0.4) is 0 Å². The molecule has 1 aliphatic heterocycles. The van der Waals surface area contributed by atoms with Crippen LogP contribution in [-0.2, 0) is 11.0 Å². The zero-order chi connectivity index (χ0) is 24.9. The lowest BCUT2D eigenvalue weighted by atomic mass is 9.78. The minimum Gasteiger partial charge on any atom is -0.497 e. The lowest BCUT2D eigenvalue weighted by molar-refractivity contribution is -0.384. The number of nitrogens with one attached hydrogen (secondary N) is 1. The van der Waals surface area contributed by atoms with Crippen LogP contribution in [0.5, 0.6) is 5.75 Å². The number of fused-ring (bicyclic) bond motifs is 1. The number of alkyl halides is 3. The van der Waals surface area contributed by atoms with Gasteiger partial charge in [-0.15, -0.1) is 5.10 Å². The van der Waals surface area contributed by atoms with Crippen LogP contribution in [0.2, 0.25) is 0 Å². The SMILES string of the molecule is COc1ccc([C@H]2CC(=O)C3=C(C2)Nc2nc(C(F)(F)F)nn2[C@H]3c2cccc([N+](=O)[O-])c2)cc1. The molecule has 1 aliphatic carbocycles. The van der Waals surface area contributed by atoms with E-state index in [-0.39, 0.29) is 40.9 Å². The number of rotatable bonds is 4. The molecule has 1 aromatic heterocycles. The van der Waals surface area contributed by atoms with Gasteiger partial charge in [0.15, 0.2) is 5.78 Å². The Morgan fingerprint density at radius 1 is 1.14 bits per heavy atom. The summed E-state index contributed by atoms with van der Waals surface area (Å²) in [6.45, 7) is 0. The number of carbonyl (C=O) groups is 1. The molecule has 0 spiro atoms. The van der Waals surface area contributed by atoms with Crippen molar-refractivity contribution in [2.24, 2.45) is 0 Å². The van der Waals surface area contributed by atoms with Gasteiger partial charge in [0, 0.05) is 29.8 Å². The van der Waals surface area contributed by atoms with Crippen molar-refractivity contribution in [2.75, 3.05) is 12.4 Å². The maximum atomic E-state index is 13.4. The highest BCUT2D eigenvalue weighted by Crippen LogP contribution is 2.45. The number of non-ortho nitro benzene ring substituents is 1. The number of ketones is 1. The summed E-state index contributed by atoms with van der Waals surface area (Å²) in [4.78, 5) is 27.7. The molecular formula is C23H18F3N5O4. The first-order valence-electron chi connectivity index (χ1n) is 10.6. The number of nitrogens with zero attached hydrogens (tertiary/aromatic N) is 4. The molecule has 0 unspecified atom stereocenters. The molecule has 180 valence electrons. The monoisotopic (exact) mass is 485 g/mol. The van der Waals surface area contributed by atoms with E-state index in [0.717, 1.165) is 10.2 Å². The average Bonchev–Trinajstić information content (AvgIpc) is 3.27. The molecule has 2 heterocycles. The number of ether oxygens (including phenoxy) is 1. The highest BCUT2D eigenvalue weighted by molar-refractivity contribution is 6.00. The summed E-state index contributed by atoms with van der Waals surface area (Å²) in [6.07, 6.45) is -4.35. The number of halogens is 3. The van der Waals surface area contributed by atoms with Gasteiger partial charge in [-0.25, -0.2) is 4.68 Å². The van der Waals surface area contributed by atoms with Crippen molar-refractivity contribution in [2.45, 2.75) is 31.0 Å². The molecule has 0 radical (unpaired) electrons. The molecule has 2 aliphatic rings. The van der Waals surface area contributed by atoms with E-state index in [4.69, 9.17) is 4.74 Å². The highest BCUT2D eigenvalue weighted by atomic mass is 19.4. The normalized spacial score (nSPS) is 19.6. The zero-order valence-corrected chi connectivity index (χ0v) is 18.2. The van der Waals surface area contributed by atoms with E-state index in [0.29, 0.717) is 17.9 Å². The molecule has 2 atom stereocenters. The zero-order valence-electron chi connectivity index (χ0n) is 18.2. The summed E-state index contributed by atoms with van der Waals surface area (Å²) in [5, 5.41) is 17.8. The van der Waals surface area contributed by atoms with Gasteiger partial charge in [-0.2, -0.15) is 18.2 Å². The lowest BCUT2D eigenvalue weighted by Crippen LogP contribution is -2.33. The first-order valence-corrected chi connectivity index (χ1v) is 10.6. The van der Waals surface area contributed by atoms with Gasteiger partial charge >= 0.3 is 6.18 Å². The third-order valence-corrected chi connectivity index (χ3v) is 6.16. The fraction of sp³-hybridized carbons (Fsp3) is 0.261. The van der Waals surface area contributed by atoms with E-state index in [1.807, 2.05) is 12.1 Å². The molecular weight excluding hydrogens is 467 g/mol. The maximum Gasteiger partial charge on any atom is 0.453 e. The van der Waals surface area contributed by atoms with E-state index in [1.54, 1.807) is 19.2 Å². The summed E-state index contributed by atoms with van der Waals surface area (Å²) < 4.78 is 46.4. The van der Waals surface area contributed by atoms with Gasteiger partial charge in [0.1, 0.15) is 11.8 Å². The summed E-state index contributed by atoms with van der Waals surface area (Å²) in [6, 6.07) is 11.6. The first-order chi connectivity index (χ1) is 16.7. The van der Waals surface area contributed by atoms with Crippen LogP contribution in [0.1, 0.15) is 41.8 Å². The van der Waals surface area contributed by atoms with Crippen LogP contribution in [0, 0.1) is 10.1 Å². The van der Waals surface area contributed by atoms with Crippen molar-refractivity contribution in [3.63, 3.8) is 0 Å². The number of hydrogen-bond donors (Lipinski definition) is 1. The molecule has 5 rings (SSSR count). The van der Waals surface area contributed by atoms with Gasteiger partial charge < -0.3 is 10.1 Å². The van der Waals surface area contributed by atoms with Crippen LogP contribution in [-0.4, -0.2) is 32.6 Å². The molecule has 0 fully saturated rings. The van der Waals surface area contributed by atoms with E-state index >= 15 is 0 Å². The van der Waals surface area contributed by atoms with E-state index in [9.17, 15) is 28.1 Å². The van der Waals surface area contributed by atoms with E-state index < -0.39 is 23.0 Å². The molecule has 1 N–H and O–H groups in total. The Hall–Kier alpha value is -4.22. The van der Waals surface area contributed by atoms with Gasteiger partial charge in [-0.3, -0.25) is 14.9 Å². The minimum atomic E-state index is -4.81. The summed E-state index contributed by atoms with van der Waals surface area (Å²) in [7, 11) is 1.54. The lowest BCUT2D eigenvalue weighted by Gasteiger charge is -2.35. The van der Waals surface area contributed by atoms with Crippen LogP contribution in [0.25, 0.3) is 0 Å². The Labute approximate surface area is 196 Å². The Morgan fingerprint density at radius 3 is 2.54 bits per heavy atom. The number of benzene rings is 2. The summed E-state index contributed by atoms with van der Waals surface area (Å²) in [5.41, 5.74) is 1.54. The Kier molecular flexibility index (Phi) is 5.30. The number of hydrogen-bond acceptors (Lipinski definition) is 7. The van der Waals surface area contributed by atoms with Gasteiger partial charge in [0.05, 0.1) is 12.0 Å². The van der Waals surface area contributed by atoms with Gasteiger partial charge in [0.25, 0.3) is 11.5 Å². The molecule has 12 heteroatoms. The quantitative estimate of drug-likeness (QED) is 0.424. The van der Waals surface area contributed by atoms with E-state index in [1.165, 1.54) is 24.3 Å². The molecule has 0 bridgehead atoms. The Bertz CT molecular complexity index is 1360. The number of carbonyl (C=O) groups excluding carboxylic acids is 1. The number of allylic oxidation sites excluding steroid dienone is 2. The van der Waals surface area contributed by atoms with Crippen molar-refractivity contribution in [3.05, 3.63) is 86.9 Å². The highest BCUT2D eigenvalue weighted by Gasteiger charge is 2.43. The van der Waals surface area contributed by atoms with Crippen molar-refractivity contribution >= 4 is 17.4 Å². The van der Waals surface area contributed by atoms with Gasteiger partial charge in [-0.1, -0.05) is 24.3 Å². The number of anilines is 1. The van der Waals surface area contributed by atoms with E-state index in [2.05, 4.69) is 15.4 Å². The number of Topliss-reactive ketones (excluding diaryl/α,β-unsaturated/α-hetero) is 1. The van der Waals surface area contributed by atoms with Crippen molar-refractivity contribution in [1.82, 2.24) is 14.8 Å². The van der Waals surface area contributed by atoms with Crippen LogP contribution >= 0.6 is 0 Å². The first kappa shape index (κ1) is 22.6. The number of nitro groups is 1. The molecule has 0 amide bonds. The topological polar surface area (TPSA) is 112 Å². The molecule has 35 heavy (non-hydrogen) atoms. The second kappa shape index (κ2) is 8.22. The van der Waals surface area contributed by atoms with Crippen molar-refractivity contribution in [1.29, 1.82) is 0 Å². The molecule has 0 saturated heterocycles. The predicted molar refractivity (Wildman–Crippen MR) is 117 cm³/mol. The number of nitro benzene ring substituents is 1. The van der Waals surface area contributed by atoms with Crippen LogP contribution < -0.4 is 10.1 Å². The van der Waals surface area contributed by atoms with Gasteiger partial charge in [0.2, 0.25) is 5.95 Å². The molecule has 0 saturated carbocycles.